The Morgan fingerprint density at radius 3 is 2.71 bits per heavy atom. The van der Waals surface area contributed by atoms with Crippen LogP contribution in [0.2, 0.25) is 5.15 Å². The van der Waals surface area contributed by atoms with E-state index in [-0.39, 0.29) is 0 Å². The van der Waals surface area contributed by atoms with Crippen LogP contribution in [0.3, 0.4) is 0 Å². The molecule has 2 heterocycles. The van der Waals surface area contributed by atoms with Crippen LogP contribution in [0.15, 0.2) is 30.5 Å². The number of aryl methyl sites for hydroxylation is 1. The topological polar surface area (TPSA) is 27.1 Å². The first-order valence-corrected chi connectivity index (χ1v) is 5.66. The Morgan fingerprint density at radius 2 is 1.94 bits per heavy atom. The van der Waals surface area contributed by atoms with Crippen molar-refractivity contribution < 1.29 is 4.74 Å². The van der Waals surface area contributed by atoms with Crippen molar-refractivity contribution in [1.29, 1.82) is 0 Å². The van der Waals surface area contributed by atoms with Gasteiger partial charge in [0, 0.05) is 23.3 Å². The van der Waals surface area contributed by atoms with E-state index >= 15 is 0 Å². The number of halogens is 1. The van der Waals surface area contributed by atoms with Gasteiger partial charge in [0.05, 0.1) is 18.8 Å². The highest BCUT2D eigenvalue weighted by molar-refractivity contribution is 6.30. The van der Waals surface area contributed by atoms with E-state index in [1.165, 1.54) is 0 Å². The number of nitrogens with zero attached hydrogens (tertiary/aromatic N) is 2. The lowest BCUT2D eigenvalue weighted by atomic mass is 10.2. The number of ether oxygens (including phenoxy) is 1. The second-order valence-electron chi connectivity index (χ2n) is 3.97. The largest absolute Gasteiger partial charge is 0.497 e. The molecular formula is C13H11ClN2O. The van der Waals surface area contributed by atoms with Gasteiger partial charge in [-0.15, -0.1) is 0 Å². The van der Waals surface area contributed by atoms with E-state index in [2.05, 4.69) is 9.55 Å². The lowest BCUT2D eigenvalue weighted by Gasteiger charge is -2.00. The van der Waals surface area contributed by atoms with Crippen LogP contribution in [0.4, 0.5) is 0 Å². The summed E-state index contributed by atoms with van der Waals surface area (Å²) >= 11 is 5.95. The molecule has 0 amide bonds. The van der Waals surface area contributed by atoms with Crippen LogP contribution in [0.5, 0.6) is 5.75 Å². The van der Waals surface area contributed by atoms with Crippen LogP contribution < -0.4 is 4.74 Å². The van der Waals surface area contributed by atoms with Crippen molar-refractivity contribution in [1.82, 2.24) is 9.55 Å². The SMILES string of the molecule is COc1ccc2c(c1)c1cc(Cl)ncc1n2C. The summed E-state index contributed by atoms with van der Waals surface area (Å²) in [5, 5.41) is 2.74. The van der Waals surface area contributed by atoms with Gasteiger partial charge in [-0.05, 0) is 24.3 Å². The number of aromatic nitrogens is 2. The predicted octanol–water partition coefficient (Wildman–Crippen LogP) is 3.39. The summed E-state index contributed by atoms with van der Waals surface area (Å²) in [6.45, 7) is 0. The molecule has 0 N–H and O–H groups in total. The summed E-state index contributed by atoms with van der Waals surface area (Å²) in [4.78, 5) is 4.12. The molecule has 0 atom stereocenters. The highest BCUT2D eigenvalue weighted by Crippen LogP contribution is 2.31. The Hall–Kier alpha value is -1.74. The number of pyridine rings is 1. The molecule has 0 unspecified atom stereocenters. The maximum absolute atomic E-state index is 5.95. The van der Waals surface area contributed by atoms with Crippen molar-refractivity contribution >= 4 is 33.4 Å². The first-order chi connectivity index (χ1) is 8.20. The third kappa shape index (κ3) is 1.46. The van der Waals surface area contributed by atoms with E-state index in [9.17, 15) is 0 Å². The molecule has 0 spiro atoms. The molecule has 3 aromatic rings. The minimum absolute atomic E-state index is 0.507. The summed E-state index contributed by atoms with van der Waals surface area (Å²) in [5.74, 6) is 0.845. The molecule has 2 aromatic heterocycles. The Bertz CT molecular complexity index is 718. The van der Waals surface area contributed by atoms with Gasteiger partial charge in [0.1, 0.15) is 10.9 Å². The molecule has 0 fully saturated rings. The molecule has 0 saturated heterocycles. The zero-order valence-electron chi connectivity index (χ0n) is 9.57. The third-order valence-corrected chi connectivity index (χ3v) is 3.27. The van der Waals surface area contributed by atoms with Crippen LogP contribution in [-0.4, -0.2) is 16.7 Å². The molecule has 3 rings (SSSR count). The smallest absolute Gasteiger partial charge is 0.129 e. The van der Waals surface area contributed by atoms with Gasteiger partial charge < -0.3 is 9.30 Å². The monoisotopic (exact) mass is 246 g/mol. The lowest BCUT2D eigenvalue weighted by molar-refractivity contribution is 0.415. The number of fused-ring (bicyclic) bond motifs is 3. The molecule has 17 heavy (non-hydrogen) atoms. The number of methoxy groups -OCH3 is 1. The van der Waals surface area contributed by atoms with Gasteiger partial charge >= 0.3 is 0 Å². The maximum Gasteiger partial charge on any atom is 0.129 e. The Balaban J connectivity index is 2.51. The number of hydrogen-bond donors (Lipinski definition) is 0. The van der Waals surface area contributed by atoms with Gasteiger partial charge in [-0.3, -0.25) is 0 Å². The van der Waals surface area contributed by atoms with Crippen molar-refractivity contribution in [2.75, 3.05) is 7.11 Å². The number of hydrogen-bond acceptors (Lipinski definition) is 2. The van der Waals surface area contributed by atoms with Crippen molar-refractivity contribution in [3.8, 4) is 5.75 Å². The van der Waals surface area contributed by atoms with Gasteiger partial charge in [0.15, 0.2) is 0 Å². The van der Waals surface area contributed by atoms with Crippen LogP contribution in [-0.2, 0) is 7.05 Å². The van der Waals surface area contributed by atoms with E-state index in [1.807, 2.05) is 31.3 Å². The molecule has 86 valence electrons. The molecular weight excluding hydrogens is 236 g/mol. The fraction of sp³-hybridized carbons (Fsp3) is 0.154. The first kappa shape index (κ1) is 10.4. The molecule has 0 radical (unpaired) electrons. The molecule has 0 bridgehead atoms. The molecule has 0 aliphatic heterocycles. The summed E-state index contributed by atoms with van der Waals surface area (Å²) in [6.07, 6.45) is 1.80. The maximum atomic E-state index is 5.95. The molecule has 0 saturated carbocycles. The zero-order valence-corrected chi connectivity index (χ0v) is 10.3. The Labute approximate surface area is 104 Å². The van der Waals surface area contributed by atoms with Crippen LogP contribution in [0.25, 0.3) is 21.8 Å². The third-order valence-electron chi connectivity index (χ3n) is 3.07. The first-order valence-electron chi connectivity index (χ1n) is 5.28. The van der Waals surface area contributed by atoms with Crippen molar-refractivity contribution in [3.63, 3.8) is 0 Å². The highest BCUT2D eigenvalue weighted by atomic mass is 35.5. The Kier molecular flexibility index (Phi) is 2.23. The average Bonchev–Trinajstić information content (AvgIpc) is 2.62. The average molecular weight is 247 g/mol. The normalized spacial score (nSPS) is 11.2. The van der Waals surface area contributed by atoms with E-state index in [4.69, 9.17) is 16.3 Å². The minimum Gasteiger partial charge on any atom is -0.497 e. The van der Waals surface area contributed by atoms with E-state index < -0.39 is 0 Å². The molecule has 3 nitrogen and oxygen atoms in total. The van der Waals surface area contributed by atoms with E-state index in [1.54, 1.807) is 13.3 Å². The van der Waals surface area contributed by atoms with Gasteiger partial charge in [-0.1, -0.05) is 11.6 Å². The summed E-state index contributed by atoms with van der Waals surface area (Å²) < 4.78 is 7.36. The minimum atomic E-state index is 0.507. The van der Waals surface area contributed by atoms with Crippen LogP contribution >= 0.6 is 11.6 Å². The molecule has 0 aliphatic carbocycles. The number of benzene rings is 1. The number of rotatable bonds is 1. The van der Waals surface area contributed by atoms with E-state index in [0.717, 1.165) is 27.6 Å². The van der Waals surface area contributed by atoms with Crippen molar-refractivity contribution in [2.45, 2.75) is 0 Å². The van der Waals surface area contributed by atoms with Crippen LogP contribution in [0, 0.1) is 0 Å². The van der Waals surface area contributed by atoms with Gasteiger partial charge in [0.2, 0.25) is 0 Å². The Morgan fingerprint density at radius 1 is 1.18 bits per heavy atom. The predicted molar refractivity (Wildman–Crippen MR) is 69.8 cm³/mol. The fourth-order valence-corrected chi connectivity index (χ4v) is 2.34. The summed E-state index contributed by atoms with van der Waals surface area (Å²) in [7, 11) is 3.69. The second-order valence-corrected chi connectivity index (χ2v) is 4.35. The standard InChI is InChI=1S/C13H11ClN2O/c1-16-11-4-3-8(17-2)5-9(11)10-6-13(14)15-7-12(10)16/h3-7H,1-2H3. The summed E-state index contributed by atoms with van der Waals surface area (Å²) in [6, 6.07) is 7.91. The quantitative estimate of drug-likeness (QED) is 0.616. The van der Waals surface area contributed by atoms with Gasteiger partial charge in [-0.25, -0.2) is 4.98 Å². The van der Waals surface area contributed by atoms with Gasteiger partial charge in [-0.2, -0.15) is 0 Å². The van der Waals surface area contributed by atoms with E-state index in [0.29, 0.717) is 5.15 Å². The summed E-state index contributed by atoms with van der Waals surface area (Å²) in [5.41, 5.74) is 2.21. The lowest BCUT2D eigenvalue weighted by Crippen LogP contribution is -1.87. The molecule has 1 aromatic carbocycles. The van der Waals surface area contributed by atoms with Crippen molar-refractivity contribution in [3.05, 3.63) is 35.6 Å². The fourth-order valence-electron chi connectivity index (χ4n) is 2.19. The molecule has 0 aliphatic rings. The second kappa shape index (κ2) is 3.64. The van der Waals surface area contributed by atoms with Crippen LogP contribution in [0.1, 0.15) is 0 Å². The molecule has 4 heteroatoms. The van der Waals surface area contributed by atoms with Gasteiger partial charge in [0.25, 0.3) is 0 Å². The zero-order chi connectivity index (χ0) is 12.0. The van der Waals surface area contributed by atoms with Crippen molar-refractivity contribution in [2.24, 2.45) is 7.05 Å². The highest BCUT2D eigenvalue weighted by Gasteiger charge is 2.09.